The van der Waals surface area contributed by atoms with Gasteiger partial charge in [-0.05, 0) is 56.9 Å². The molecule has 1 unspecified atom stereocenters. The van der Waals surface area contributed by atoms with Crippen molar-refractivity contribution in [2.45, 2.75) is 32.1 Å². The second-order valence-electron chi connectivity index (χ2n) is 4.24. The van der Waals surface area contributed by atoms with Crippen molar-refractivity contribution >= 4 is 38.9 Å². The first-order valence-corrected chi connectivity index (χ1v) is 8.26. The molecule has 0 aliphatic heterocycles. The van der Waals surface area contributed by atoms with E-state index in [-0.39, 0.29) is 5.38 Å². The van der Waals surface area contributed by atoms with Crippen LogP contribution in [0.4, 0.5) is 0 Å². The van der Waals surface area contributed by atoms with Gasteiger partial charge in [0, 0.05) is 9.35 Å². The van der Waals surface area contributed by atoms with Gasteiger partial charge < -0.3 is 0 Å². The first-order valence-electron chi connectivity index (χ1n) is 6.16. The predicted octanol–water partition coefficient (Wildman–Crippen LogP) is 5.96. The second-order valence-corrected chi connectivity index (χ2v) is 6.47. The van der Waals surface area contributed by atoms with Crippen molar-refractivity contribution in [3.63, 3.8) is 0 Å². The lowest BCUT2D eigenvalue weighted by Gasteiger charge is -2.15. The van der Waals surface area contributed by atoms with Crippen LogP contribution < -0.4 is 0 Å². The smallest absolute Gasteiger partial charge is 0.0941 e. The molecule has 1 aromatic heterocycles. The number of thiophene rings is 1. The van der Waals surface area contributed by atoms with E-state index in [1.807, 2.05) is 0 Å². The van der Waals surface area contributed by atoms with Crippen molar-refractivity contribution in [2.75, 3.05) is 0 Å². The summed E-state index contributed by atoms with van der Waals surface area (Å²) in [6.45, 7) is 4.35. The molecule has 0 fully saturated rings. The molecule has 1 aromatic carbocycles. The molecule has 1 heterocycles. The fourth-order valence-electron chi connectivity index (χ4n) is 2.05. The molecule has 0 saturated carbocycles. The summed E-state index contributed by atoms with van der Waals surface area (Å²) in [4.78, 5) is 1.19. The Bertz CT molecular complexity index is 533. The molecule has 1 atom stereocenters. The van der Waals surface area contributed by atoms with E-state index in [1.165, 1.54) is 21.6 Å². The molecule has 0 radical (unpaired) electrons. The quantitative estimate of drug-likeness (QED) is 0.600. The van der Waals surface area contributed by atoms with Gasteiger partial charge in [0.25, 0.3) is 0 Å². The van der Waals surface area contributed by atoms with E-state index in [0.717, 1.165) is 17.3 Å². The van der Waals surface area contributed by atoms with Gasteiger partial charge in [0.05, 0.1) is 5.38 Å². The summed E-state index contributed by atoms with van der Waals surface area (Å²) in [6, 6.07) is 8.73. The standard InChI is InChI=1S/C15H16BrClS/c1-3-10-5-6-11(4-2)12(9-10)14(17)15-13(16)7-8-18-15/h5-9,14H,3-4H2,1-2H3. The van der Waals surface area contributed by atoms with Crippen LogP contribution in [0.5, 0.6) is 0 Å². The fourth-order valence-corrected chi connectivity index (χ4v) is 4.25. The van der Waals surface area contributed by atoms with Crippen molar-refractivity contribution in [1.82, 2.24) is 0 Å². The summed E-state index contributed by atoms with van der Waals surface area (Å²) < 4.78 is 1.11. The van der Waals surface area contributed by atoms with Crippen LogP contribution in [-0.4, -0.2) is 0 Å². The van der Waals surface area contributed by atoms with Crippen LogP contribution in [0.25, 0.3) is 0 Å². The van der Waals surface area contributed by atoms with Crippen LogP contribution in [0.1, 0.15) is 40.8 Å². The van der Waals surface area contributed by atoms with Gasteiger partial charge in [-0.25, -0.2) is 0 Å². The molecule has 0 aliphatic carbocycles. The number of benzene rings is 1. The zero-order valence-corrected chi connectivity index (χ0v) is 13.7. The highest BCUT2D eigenvalue weighted by molar-refractivity contribution is 9.10. The molecule has 0 nitrogen and oxygen atoms in total. The molecule has 0 aliphatic rings. The second kappa shape index (κ2) is 6.23. The first-order chi connectivity index (χ1) is 8.67. The Labute approximate surface area is 126 Å². The normalized spacial score (nSPS) is 12.7. The summed E-state index contributed by atoms with van der Waals surface area (Å²) >= 11 is 12.0. The first kappa shape index (κ1) is 14.1. The molecule has 2 rings (SSSR count). The summed E-state index contributed by atoms with van der Waals surface area (Å²) in [5, 5.41) is 2.02. The minimum atomic E-state index is -0.0548. The van der Waals surface area contributed by atoms with Crippen molar-refractivity contribution in [1.29, 1.82) is 0 Å². The maximum absolute atomic E-state index is 6.67. The Hall–Kier alpha value is -0.310. The number of aryl methyl sites for hydroxylation is 2. The third-order valence-electron chi connectivity index (χ3n) is 3.15. The lowest BCUT2D eigenvalue weighted by molar-refractivity contribution is 1.03. The van der Waals surface area contributed by atoms with Gasteiger partial charge >= 0.3 is 0 Å². The van der Waals surface area contributed by atoms with Gasteiger partial charge in [-0.3, -0.25) is 0 Å². The molecule has 2 aromatic rings. The molecule has 3 heteroatoms. The average Bonchev–Trinajstić information content (AvgIpc) is 2.83. The Balaban J connectivity index is 2.45. The summed E-state index contributed by atoms with van der Waals surface area (Å²) in [5.41, 5.74) is 3.94. The van der Waals surface area contributed by atoms with Crippen LogP contribution in [0.2, 0.25) is 0 Å². The van der Waals surface area contributed by atoms with Crippen LogP contribution >= 0.6 is 38.9 Å². The third kappa shape index (κ3) is 2.81. The highest BCUT2D eigenvalue weighted by Gasteiger charge is 2.18. The summed E-state index contributed by atoms with van der Waals surface area (Å²) in [7, 11) is 0. The van der Waals surface area contributed by atoms with Gasteiger partial charge in [-0.2, -0.15) is 0 Å². The van der Waals surface area contributed by atoms with Gasteiger partial charge in [0.15, 0.2) is 0 Å². The van der Waals surface area contributed by atoms with Gasteiger partial charge in [0.1, 0.15) is 0 Å². The lowest BCUT2D eigenvalue weighted by Crippen LogP contribution is -1.99. The summed E-state index contributed by atoms with van der Waals surface area (Å²) in [5.74, 6) is 0. The van der Waals surface area contributed by atoms with E-state index in [2.05, 4.69) is 59.4 Å². The monoisotopic (exact) mass is 342 g/mol. The maximum Gasteiger partial charge on any atom is 0.0941 e. The molecule has 18 heavy (non-hydrogen) atoms. The van der Waals surface area contributed by atoms with Crippen molar-refractivity contribution in [3.05, 3.63) is 55.7 Å². The molecule has 0 N–H and O–H groups in total. The van der Waals surface area contributed by atoms with E-state index in [9.17, 15) is 0 Å². The molecule has 0 saturated heterocycles. The van der Waals surface area contributed by atoms with Gasteiger partial charge in [-0.1, -0.05) is 32.0 Å². The number of rotatable bonds is 4. The molecule has 0 spiro atoms. The number of alkyl halides is 1. The molecular weight excluding hydrogens is 328 g/mol. The zero-order chi connectivity index (χ0) is 13.1. The van der Waals surface area contributed by atoms with Crippen LogP contribution in [0.15, 0.2) is 34.1 Å². The molecule has 0 amide bonds. The number of hydrogen-bond acceptors (Lipinski definition) is 1. The lowest BCUT2D eigenvalue weighted by atomic mass is 9.97. The molecule has 0 bridgehead atoms. The van der Waals surface area contributed by atoms with E-state index in [4.69, 9.17) is 11.6 Å². The SMILES string of the molecule is CCc1ccc(CC)c(C(Cl)c2sccc2Br)c1. The highest BCUT2D eigenvalue weighted by Crippen LogP contribution is 2.39. The zero-order valence-electron chi connectivity index (χ0n) is 10.5. The minimum Gasteiger partial charge on any atom is -0.146 e. The van der Waals surface area contributed by atoms with Crippen LogP contribution in [-0.2, 0) is 12.8 Å². The topological polar surface area (TPSA) is 0 Å². The fraction of sp³-hybridized carbons (Fsp3) is 0.333. The molecule has 96 valence electrons. The average molecular weight is 344 g/mol. The van der Waals surface area contributed by atoms with E-state index >= 15 is 0 Å². The van der Waals surface area contributed by atoms with E-state index in [0.29, 0.717) is 0 Å². The number of halogens is 2. The highest BCUT2D eigenvalue weighted by atomic mass is 79.9. The van der Waals surface area contributed by atoms with E-state index in [1.54, 1.807) is 11.3 Å². The Morgan fingerprint density at radius 1 is 1.22 bits per heavy atom. The van der Waals surface area contributed by atoms with Gasteiger partial charge in [-0.15, -0.1) is 22.9 Å². The maximum atomic E-state index is 6.67. The van der Waals surface area contributed by atoms with Crippen molar-refractivity contribution in [3.8, 4) is 0 Å². The van der Waals surface area contributed by atoms with Crippen LogP contribution in [0.3, 0.4) is 0 Å². The predicted molar refractivity (Wildman–Crippen MR) is 84.9 cm³/mol. The number of hydrogen-bond donors (Lipinski definition) is 0. The minimum absolute atomic E-state index is 0.0548. The summed E-state index contributed by atoms with van der Waals surface area (Å²) in [6.07, 6.45) is 2.07. The molecular formula is C15H16BrClS. The Morgan fingerprint density at radius 2 is 2.00 bits per heavy atom. The van der Waals surface area contributed by atoms with Crippen molar-refractivity contribution < 1.29 is 0 Å². The Kier molecular flexibility index (Phi) is 4.88. The van der Waals surface area contributed by atoms with Gasteiger partial charge in [0.2, 0.25) is 0 Å². The van der Waals surface area contributed by atoms with Crippen LogP contribution in [0, 0.1) is 0 Å². The third-order valence-corrected chi connectivity index (χ3v) is 5.67. The largest absolute Gasteiger partial charge is 0.146 e. The van der Waals surface area contributed by atoms with E-state index < -0.39 is 0 Å². The van der Waals surface area contributed by atoms with Crippen molar-refractivity contribution in [2.24, 2.45) is 0 Å². The Morgan fingerprint density at radius 3 is 2.56 bits per heavy atom.